The molecule has 34 heavy (non-hydrogen) atoms. The second-order valence-corrected chi connectivity index (χ2v) is 8.74. The third-order valence-electron chi connectivity index (χ3n) is 6.62. The predicted octanol–water partition coefficient (Wildman–Crippen LogP) is 1.18. The molecular weight excluding hydrogens is 439 g/mol. The van der Waals surface area contributed by atoms with Gasteiger partial charge < -0.3 is 9.80 Å². The summed E-state index contributed by atoms with van der Waals surface area (Å²) in [5, 5.41) is 11.3. The van der Waals surface area contributed by atoms with Gasteiger partial charge in [0, 0.05) is 62.5 Å². The number of amides is 3. The topological polar surface area (TPSA) is 110 Å². The summed E-state index contributed by atoms with van der Waals surface area (Å²) < 4.78 is 14.5. The lowest BCUT2D eigenvalue weighted by Crippen LogP contribution is -2.52. The maximum atomic E-state index is 14.5. The first kappa shape index (κ1) is 22.0. The van der Waals surface area contributed by atoms with Gasteiger partial charge in [0.25, 0.3) is 5.91 Å². The van der Waals surface area contributed by atoms with E-state index in [1.165, 1.54) is 17.0 Å². The quantitative estimate of drug-likeness (QED) is 0.680. The fourth-order valence-corrected chi connectivity index (χ4v) is 4.90. The molecule has 1 atom stereocenters. The molecule has 1 unspecified atom stereocenters. The minimum absolute atomic E-state index is 0.172. The molecule has 1 aromatic carbocycles. The number of nitrogens with zero attached hydrogens (tertiary/aromatic N) is 5. The van der Waals surface area contributed by atoms with Crippen molar-refractivity contribution in [3.8, 4) is 6.07 Å². The maximum Gasteiger partial charge on any atom is 0.255 e. The van der Waals surface area contributed by atoms with E-state index >= 15 is 0 Å². The number of halogens is 1. The van der Waals surface area contributed by atoms with Crippen molar-refractivity contribution in [1.29, 1.82) is 5.26 Å². The molecule has 0 spiro atoms. The molecular formula is C24H23FN6O3. The molecule has 1 N–H and O–H groups in total. The van der Waals surface area contributed by atoms with Crippen molar-refractivity contribution in [2.75, 3.05) is 31.1 Å². The third kappa shape index (κ3) is 4.10. The van der Waals surface area contributed by atoms with Crippen LogP contribution in [0.2, 0.25) is 0 Å². The van der Waals surface area contributed by atoms with Gasteiger partial charge in [-0.25, -0.2) is 9.37 Å². The van der Waals surface area contributed by atoms with E-state index in [0.29, 0.717) is 49.7 Å². The van der Waals surface area contributed by atoms with Crippen LogP contribution in [0, 0.1) is 17.1 Å². The second kappa shape index (κ2) is 8.83. The van der Waals surface area contributed by atoms with Crippen molar-refractivity contribution in [2.45, 2.75) is 32.0 Å². The summed E-state index contributed by atoms with van der Waals surface area (Å²) >= 11 is 0. The second-order valence-electron chi connectivity index (χ2n) is 8.74. The Balaban J connectivity index is 1.31. The Morgan fingerprint density at radius 1 is 1.15 bits per heavy atom. The van der Waals surface area contributed by atoms with Crippen LogP contribution in [0.25, 0.3) is 0 Å². The molecule has 174 valence electrons. The van der Waals surface area contributed by atoms with Crippen LogP contribution in [0.5, 0.6) is 0 Å². The van der Waals surface area contributed by atoms with Crippen LogP contribution in [0.15, 0.2) is 30.3 Å². The highest BCUT2D eigenvalue weighted by molar-refractivity contribution is 6.06. The third-order valence-corrected chi connectivity index (χ3v) is 6.62. The van der Waals surface area contributed by atoms with E-state index in [4.69, 9.17) is 5.26 Å². The molecule has 2 fully saturated rings. The molecule has 5 rings (SSSR count). The molecule has 3 aliphatic heterocycles. The summed E-state index contributed by atoms with van der Waals surface area (Å²) in [5.74, 6) is -1.70. The van der Waals surface area contributed by atoms with E-state index < -0.39 is 17.8 Å². The summed E-state index contributed by atoms with van der Waals surface area (Å²) in [6.45, 7) is 3.54. The number of nitriles is 1. The van der Waals surface area contributed by atoms with Gasteiger partial charge >= 0.3 is 0 Å². The van der Waals surface area contributed by atoms with Gasteiger partial charge in [0.05, 0.1) is 5.69 Å². The standard InChI is InChI=1S/C24H23FN6O3/c25-15-10-18-19(14-31(24(18)34)20-4-5-22(32)28-23(20)33)21(11-15)30-8-6-29(7-9-30)13-17-3-1-2-16(12-26)27-17/h1-3,10-11,20H,4-9,13-14H2,(H,28,32,33). The van der Waals surface area contributed by atoms with Crippen LogP contribution < -0.4 is 10.2 Å². The highest BCUT2D eigenvalue weighted by Gasteiger charge is 2.41. The lowest BCUT2D eigenvalue weighted by molar-refractivity contribution is -0.136. The number of carbonyl (C=O) groups is 3. The number of benzene rings is 1. The first-order valence-electron chi connectivity index (χ1n) is 11.2. The van der Waals surface area contributed by atoms with Crippen molar-refractivity contribution in [3.05, 3.63) is 58.7 Å². The molecule has 0 radical (unpaired) electrons. The number of imide groups is 1. The highest BCUT2D eigenvalue weighted by Crippen LogP contribution is 2.35. The SMILES string of the molecule is N#Cc1cccc(CN2CCN(c3cc(F)cc4c3CN(C3CCC(=O)NC3=O)C4=O)CC2)n1. The summed E-state index contributed by atoms with van der Waals surface area (Å²) in [7, 11) is 0. The summed E-state index contributed by atoms with van der Waals surface area (Å²) in [4.78, 5) is 46.9. The maximum absolute atomic E-state index is 14.5. The number of hydrogen-bond acceptors (Lipinski definition) is 7. The Labute approximate surface area is 195 Å². The van der Waals surface area contributed by atoms with Crippen molar-refractivity contribution >= 4 is 23.4 Å². The van der Waals surface area contributed by atoms with E-state index in [9.17, 15) is 18.8 Å². The number of piperazine rings is 1. The number of hydrogen-bond donors (Lipinski definition) is 1. The molecule has 2 aromatic rings. The Morgan fingerprint density at radius 2 is 1.94 bits per heavy atom. The first-order valence-corrected chi connectivity index (χ1v) is 11.2. The van der Waals surface area contributed by atoms with Gasteiger partial charge in [0.2, 0.25) is 11.8 Å². The largest absolute Gasteiger partial charge is 0.369 e. The number of fused-ring (bicyclic) bond motifs is 1. The van der Waals surface area contributed by atoms with Gasteiger partial charge in [-0.3, -0.25) is 24.6 Å². The van der Waals surface area contributed by atoms with Crippen LogP contribution in [0.4, 0.5) is 10.1 Å². The molecule has 10 heteroatoms. The predicted molar refractivity (Wildman–Crippen MR) is 119 cm³/mol. The zero-order valence-electron chi connectivity index (χ0n) is 18.5. The van der Waals surface area contributed by atoms with Crippen molar-refractivity contribution in [3.63, 3.8) is 0 Å². The number of nitrogens with one attached hydrogen (secondary N) is 1. The van der Waals surface area contributed by atoms with Crippen LogP contribution in [-0.2, 0) is 22.7 Å². The molecule has 4 heterocycles. The minimum atomic E-state index is -0.734. The van der Waals surface area contributed by atoms with Gasteiger partial charge in [0.15, 0.2) is 0 Å². The molecule has 3 aliphatic rings. The van der Waals surface area contributed by atoms with Crippen LogP contribution in [-0.4, -0.2) is 64.7 Å². The van der Waals surface area contributed by atoms with E-state index in [0.717, 1.165) is 5.69 Å². The number of anilines is 1. The number of aromatic nitrogens is 1. The van der Waals surface area contributed by atoms with Crippen LogP contribution in [0.3, 0.4) is 0 Å². The van der Waals surface area contributed by atoms with Crippen LogP contribution in [0.1, 0.15) is 40.2 Å². The van der Waals surface area contributed by atoms with Gasteiger partial charge in [0.1, 0.15) is 23.6 Å². The Hall–Kier alpha value is -3.84. The highest BCUT2D eigenvalue weighted by atomic mass is 19.1. The zero-order chi connectivity index (χ0) is 23.8. The van der Waals surface area contributed by atoms with Gasteiger partial charge in [-0.1, -0.05) is 6.07 Å². The summed E-state index contributed by atoms with van der Waals surface area (Å²) in [6, 6.07) is 9.38. The smallest absolute Gasteiger partial charge is 0.255 e. The minimum Gasteiger partial charge on any atom is -0.369 e. The molecule has 2 saturated heterocycles. The number of pyridine rings is 1. The fourth-order valence-electron chi connectivity index (χ4n) is 4.90. The van der Waals surface area contributed by atoms with E-state index in [1.807, 2.05) is 12.1 Å². The van der Waals surface area contributed by atoms with Crippen molar-refractivity contribution in [1.82, 2.24) is 20.1 Å². The number of piperidine rings is 1. The van der Waals surface area contributed by atoms with E-state index in [2.05, 4.69) is 26.2 Å². The van der Waals surface area contributed by atoms with Crippen LogP contribution >= 0.6 is 0 Å². The number of rotatable bonds is 4. The average molecular weight is 462 g/mol. The molecule has 1 aromatic heterocycles. The molecule has 0 bridgehead atoms. The van der Waals surface area contributed by atoms with Gasteiger partial charge in [-0.2, -0.15) is 5.26 Å². The van der Waals surface area contributed by atoms with E-state index in [-0.39, 0.29) is 36.8 Å². The Bertz CT molecular complexity index is 1220. The fraction of sp³-hybridized carbons (Fsp3) is 0.375. The average Bonchev–Trinajstić information content (AvgIpc) is 3.15. The van der Waals surface area contributed by atoms with Gasteiger partial charge in [-0.05, 0) is 30.7 Å². The Morgan fingerprint density at radius 3 is 2.68 bits per heavy atom. The number of carbonyl (C=O) groups excluding carboxylic acids is 3. The monoisotopic (exact) mass is 462 g/mol. The molecule has 9 nitrogen and oxygen atoms in total. The van der Waals surface area contributed by atoms with Crippen molar-refractivity contribution in [2.24, 2.45) is 0 Å². The molecule has 0 saturated carbocycles. The lowest BCUT2D eigenvalue weighted by Gasteiger charge is -2.37. The molecule has 0 aliphatic carbocycles. The Kier molecular flexibility index (Phi) is 5.71. The summed E-state index contributed by atoms with van der Waals surface area (Å²) in [6.07, 6.45) is 0.438. The molecule has 3 amide bonds. The van der Waals surface area contributed by atoms with E-state index in [1.54, 1.807) is 6.07 Å². The van der Waals surface area contributed by atoms with Crippen molar-refractivity contribution < 1.29 is 18.8 Å². The normalized spacial score (nSPS) is 20.8. The zero-order valence-corrected chi connectivity index (χ0v) is 18.5. The summed E-state index contributed by atoms with van der Waals surface area (Å²) in [5.41, 5.74) is 2.87. The lowest BCUT2D eigenvalue weighted by atomic mass is 10.0. The van der Waals surface area contributed by atoms with Gasteiger partial charge in [-0.15, -0.1) is 0 Å². The first-order chi connectivity index (χ1) is 16.4.